The van der Waals surface area contributed by atoms with Crippen molar-refractivity contribution in [2.75, 3.05) is 13.7 Å². The van der Waals surface area contributed by atoms with E-state index in [1.54, 1.807) is 0 Å². The van der Waals surface area contributed by atoms with Crippen molar-refractivity contribution < 1.29 is 4.74 Å². The van der Waals surface area contributed by atoms with Gasteiger partial charge in [-0.2, -0.15) is 0 Å². The maximum absolute atomic E-state index is 5.71. The molecule has 0 spiro atoms. The molecule has 0 aromatic heterocycles. The van der Waals surface area contributed by atoms with Gasteiger partial charge in [-0.05, 0) is 19.4 Å². The Morgan fingerprint density at radius 1 is 1.50 bits per heavy atom. The molecule has 1 saturated carbocycles. The maximum atomic E-state index is 5.71. The van der Waals surface area contributed by atoms with Gasteiger partial charge in [0, 0.05) is 19.6 Å². The number of methoxy groups -OCH3 is 1. The normalized spacial score (nSPS) is 21.8. The number of ether oxygens (including phenoxy) is 1. The summed E-state index contributed by atoms with van der Waals surface area (Å²) in [5.74, 6) is 2.75. The van der Waals surface area contributed by atoms with Crippen molar-refractivity contribution in [2.45, 2.75) is 50.7 Å². The first-order chi connectivity index (χ1) is 6.79. The van der Waals surface area contributed by atoms with E-state index >= 15 is 0 Å². The highest BCUT2D eigenvalue weighted by Crippen LogP contribution is 2.36. The van der Waals surface area contributed by atoms with E-state index in [1.165, 1.54) is 12.8 Å². The van der Waals surface area contributed by atoms with Crippen LogP contribution in [0.4, 0.5) is 0 Å². The molecule has 1 fully saturated rings. The van der Waals surface area contributed by atoms with Gasteiger partial charge in [0.05, 0.1) is 5.60 Å². The fraction of sp³-hybridized carbons (Fsp3) is 0.833. The van der Waals surface area contributed by atoms with Gasteiger partial charge in [0.1, 0.15) is 0 Å². The largest absolute Gasteiger partial charge is 0.377 e. The van der Waals surface area contributed by atoms with Gasteiger partial charge in [-0.25, -0.2) is 0 Å². The molecular formula is C12H21NO. The van der Waals surface area contributed by atoms with Gasteiger partial charge in [0.2, 0.25) is 0 Å². The maximum Gasteiger partial charge on any atom is 0.0840 e. The second kappa shape index (κ2) is 5.38. The Morgan fingerprint density at radius 2 is 2.14 bits per heavy atom. The summed E-state index contributed by atoms with van der Waals surface area (Å²) >= 11 is 0. The van der Waals surface area contributed by atoms with Crippen molar-refractivity contribution >= 4 is 0 Å². The summed E-state index contributed by atoms with van der Waals surface area (Å²) < 4.78 is 5.71. The molecule has 0 aromatic carbocycles. The Balaban J connectivity index is 2.67. The van der Waals surface area contributed by atoms with Gasteiger partial charge >= 0.3 is 0 Å². The molecule has 0 heterocycles. The van der Waals surface area contributed by atoms with E-state index in [2.05, 4.69) is 18.2 Å². The minimum absolute atomic E-state index is 0.00236. The molecule has 1 atom stereocenters. The first kappa shape index (κ1) is 11.6. The molecule has 14 heavy (non-hydrogen) atoms. The Bertz CT molecular complexity index is 201. The van der Waals surface area contributed by atoms with E-state index in [9.17, 15) is 0 Å². The second-order valence-electron chi connectivity index (χ2n) is 3.99. The van der Waals surface area contributed by atoms with E-state index in [-0.39, 0.29) is 5.60 Å². The minimum atomic E-state index is 0.00236. The molecule has 1 N–H and O–H groups in total. The Kier molecular flexibility index (Phi) is 4.44. The molecule has 1 aliphatic carbocycles. The summed E-state index contributed by atoms with van der Waals surface area (Å²) in [6.07, 6.45) is 11.0. The van der Waals surface area contributed by atoms with Crippen LogP contribution in [0, 0.1) is 12.3 Å². The third-order valence-electron chi connectivity index (χ3n) is 3.26. The second-order valence-corrected chi connectivity index (χ2v) is 3.99. The first-order valence-electron chi connectivity index (χ1n) is 5.51. The number of likely N-dealkylation sites (N-methyl/N-ethyl adjacent to an activating group) is 1. The Morgan fingerprint density at radius 3 is 2.57 bits per heavy atom. The summed E-state index contributed by atoms with van der Waals surface area (Å²) in [5.41, 5.74) is 0.00236. The zero-order valence-electron chi connectivity index (χ0n) is 9.31. The van der Waals surface area contributed by atoms with Gasteiger partial charge in [0.15, 0.2) is 0 Å². The zero-order chi connectivity index (χ0) is 10.4. The molecular weight excluding hydrogens is 174 g/mol. The van der Waals surface area contributed by atoms with Crippen molar-refractivity contribution in [1.29, 1.82) is 0 Å². The van der Waals surface area contributed by atoms with Gasteiger partial charge in [0.25, 0.3) is 0 Å². The highest BCUT2D eigenvalue weighted by molar-refractivity contribution is 5.02. The van der Waals surface area contributed by atoms with Crippen LogP contribution in [0.2, 0.25) is 0 Å². The molecule has 2 nitrogen and oxygen atoms in total. The predicted octanol–water partition coefficient (Wildman–Crippen LogP) is 1.95. The van der Waals surface area contributed by atoms with Crippen molar-refractivity contribution in [2.24, 2.45) is 0 Å². The van der Waals surface area contributed by atoms with E-state index in [0.717, 1.165) is 25.8 Å². The highest BCUT2D eigenvalue weighted by atomic mass is 16.5. The Hall–Kier alpha value is -0.520. The van der Waals surface area contributed by atoms with Gasteiger partial charge in [-0.3, -0.25) is 0 Å². The molecule has 2 heteroatoms. The molecule has 1 rings (SSSR count). The number of nitrogens with one attached hydrogen (secondary N) is 1. The molecule has 0 aliphatic heterocycles. The molecule has 1 unspecified atom stereocenters. The van der Waals surface area contributed by atoms with Crippen molar-refractivity contribution in [3.63, 3.8) is 0 Å². The van der Waals surface area contributed by atoms with Crippen LogP contribution in [0.25, 0.3) is 0 Å². The Labute approximate surface area is 87.4 Å². The van der Waals surface area contributed by atoms with Crippen LogP contribution in [0.15, 0.2) is 0 Å². The van der Waals surface area contributed by atoms with Gasteiger partial charge in [-0.15, -0.1) is 12.3 Å². The lowest BCUT2D eigenvalue weighted by atomic mass is 9.89. The summed E-state index contributed by atoms with van der Waals surface area (Å²) in [6, 6.07) is 0.324. The average Bonchev–Trinajstić information content (AvgIpc) is 2.67. The van der Waals surface area contributed by atoms with E-state index in [4.69, 9.17) is 11.2 Å². The van der Waals surface area contributed by atoms with Crippen molar-refractivity contribution in [1.82, 2.24) is 5.32 Å². The smallest absolute Gasteiger partial charge is 0.0840 e. The topological polar surface area (TPSA) is 21.3 Å². The summed E-state index contributed by atoms with van der Waals surface area (Å²) in [6.45, 7) is 3.07. The lowest BCUT2D eigenvalue weighted by Crippen LogP contribution is -2.50. The monoisotopic (exact) mass is 195 g/mol. The summed E-state index contributed by atoms with van der Waals surface area (Å²) in [4.78, 5) is 0. The number of hydrogen-bond donors (Lipinski definition) is 1. The third kappa shape index (κ3) is 2.29. The highest BCUT2D eigenvalue weighted by Gasteiger charge is 2.40. The molecule has 80 valence electrons. The first-order valence-corrected chi connectivity index (χ1v) is 5.51. The van der Waals surface area contributed by atoms with E-state index in [0.29, 0.717) is 6.04 Å². The van der Waals surface area contributed by atoms with Gasteiger partial charge < -0.3 is 10.1 Å². The average molecular weight is 195 g/mol. The van der Waals surface area contributed by atoms with Crippen LogP contribution in [-0.2, 0) is 4.74 Å². The van der Waals surface area contributed by atoms with Crippen LogP contribution in [0.3, 0.4) is 0 Å². The van der Waals surface area contributed by atoms with Crippen molar-refractivity contribution in [3.05, 3.63) is 0 Å². The lowest BCUT2D eigenvalue weighted by molar-refractivity contribution is -0.0339. The zero-order valence-corrected chi connectivity index (χ0v) is 9.31. The number of hydrogen-bond acceptors (Lipinski definition) is 2. The van der Waals surface area contributed by atoms with E-state index < -0.39 is 0 Å². The van der Waals surface area contributed by atoms with Crippen LogP contribution in [0.5, 0.6) is 0 Å². The quantitative estimate of drug-likeness (QED) is 0.677. The molecule has 0 aromatic rings. The molecule has 1 aliphatic rings. The van der Waals surface area contributed by atoms with Crippen LogP contribution in [-0.4, -0.2) is 25.3 Å². The van der Waals surface area contributed by atoms with Crippen LogP contribution in [0.1, 0.15) is 39.0 Å². The summed E-state index contributed by atoms with van der Waals surface area (Å²) in [7, 11) is 1.81. The van der Waals surface area contributed by atoms with Crippen LogP contribution < -0.4 is 5.32 Å². The minimum Gasteiger partial charge on any atom is -0.377 e. The predicted molar refractivity (Wildman–Crippen MR) is 59.1 cm³/mol. The molecule has 0 radical (unpaired) electrons. The number of rotatable bonds is 5. The third-order valence-corrected chi connectivity index (χ3v) is 3.26. The van der Waals surface area contributed by atoms with Crippen LogP contribution >= 0.6 is 0 Å². The summed E-state index contributed by atoms with van der Waals surface area (Å²) in [5, 5.41) is 3.45. The standard InChI is InChI=1S/C12H21NO/c1-4-8-11(13-5-2)12(14-3)9-6-7-10-12/h1,11,13H,5-10H2,2-3H3. The fourth-order valence-corrected chi connectivity index (χ4v) is 2.48. The van der Waals surface area contributed by atoms with E-state index in [1.807, 2.05) is 7.11 Å². The number of terminal acetylenes is 1. The molecule has 0 bridgehead atoms. The molecule has 0 saturated heterocycles. The SMILES string of the molecule is C#CCC(NCC)C1(OC)CCCC1. The molecule has 0 amide bonds. The van der Waals surface area contributed by atoms with Gasteiger partial charge in [-0.1, -0.05) is 19.8 Å². The lowest BCUT2D eigenvalue weighted by Gasteiger charge is -2.36. The fourth-order valence-electron chi connectivity index (χ4n) is 2.48. The van der Waals surface area contributed by atoms with Crippen molar-refractivity contribution in [3.8, 4) is 12.3 Å².